The van der Waals surface area contributed by atoms with Crippen molar-refractivity contribution < 1.29 is 46.8 Å². The zero-order valence-electron chi connectivity index (χ0n) is 33.3. The van der Waals surface area contributed by atoms with Gasteiger partial charge in [0.15, 0.2) is 5.82 Å². The second-order valence-corrected chi connectivity index (χ2v) is 15.2. The van der Waals surface area contributed by atoms with Crippen LogP contribution in [0.25, 0.3) is 32.9 Å². The van der Waals surface area contributed by atoms with Crippen molar-refractivity contribution in [1.29, 1.82) is 0 Å². The number of methoxy groups -OCH3 is 1. The highest BCUT2D eigenvalue weighted by atomic mass is 19.1. The van der Waals surface area contributed by atoms with Gasteiger partial charge in [0, 0.05) is 55.6 Å². The molecule has 59 heavy (non-hydrogen) atoms. The van der Waals surface area contributed by atoms with Gasteiger partial charge in [0.2, 0.25) is 5.88 Å². The lowest BCUT2D eigenvalue weighted by molar-refractivity contribution is -0.122. The van der Waals surface area contributed by atoms with Gasteiger partial charge in [-0.05, 0) is 62.1 Å². The van der Waals surface area contributed by atoms with Crippen molar-refractivity contribution in [2.45, 2.75) is 70.6 Å². The minimum atomic E-state index is -0.896. The lowest BCUT2D eigenvalue weighted by Gasteiger charge is -2.47. The number of carbonyl (C=O) groups is 2. The normalized spacial score (nSPS) is 19.2. The topological polar surface area (TPSA) is 153 Å². The number of phenols is 1. The molecular weight excluding hydrogens is 774 g/mol. The number of piperazine rings is 1. The van der Waals surface area contributed by atoms with E-state index in [0.717, 1.165) is 19.4 Å². The molecular formula is C42H49F4N7O6. The van der Waals surface area contributed by atoms with E-state index in [0.29, 0.717) is 57.2 Å². The molecule has 1 aliphatic carbocycles. The van der Waals surface area contributed by atoms with Crippen LogP contribution in [0.15, 0.2) is 24.3 Å². The Kier molecular flexibility index (Phi) is 13.5. The van der Waals surface area contributed by atoms with E-state index >= 15 is 8.78 Å². The van der Waals surface area contributed by atoms with Crippen molar-refractivity contribution in [2.75, 3.05) is 64.6 Å². The fourth-order valence-corrected chi connectivity index (χ4v) is 8.21. The molecule has 2 aromatic carbocycles. The van der Waals surface area contributed by atoms with E-state index < -0.39 is 24.5 Å². The highest BCUT2D eigenvalue weighted by Crippen LogP contribution is 2.48. The molecule has 2 amide bonds. The summed E-state index contributed by atoms with van der Waals surface area (Å²) in [6.07, 6.45) is 8.90. The Morgan fingerprint density at radius 3 is 2.36 bits per heavy atom. The minimum absolute atomic E-state index is 0.0340. The number of benzene rings is 2. The predicted octanol–water partition coefficient (Wildman–Crippen LogP) is 6.47. The Morgan fingerprint density at radius 1 is 1.08 bits per heavy atom. The number of aromatic hydroxyl groups is 1. The van der Waals surface area contributed by atoms with Crippen LogP contribution in [0, 0.1) is 29.4 Å². The van der Waals surface area contributed by atoms with Crippen LogP contribution in [0.2, 0.25) is 0 Å². The minimum Gasteiger partial charge on any atom is -0.508 e. The van der Waals surface area contributed by atoms with Crippen molar-refractivity contribution in [3.05, 3.63) is 41.5 Å². The van der Waals surface area contributed by atoms with Crippen LogP contribution in [0.4, 0.5) is 28.2 Å². The van der Waals surface area contributed by atoms with E-state index in [-0.39, 0.29) is 99.7 Å². The van der Waals surface area contributed by atoms with Gasteiger partial charge >= 0.3 is 12.0 Å². The van der Waals surface area contributed by atoms with E-state index in [2.05, 4.69) is 26.1 Å². The number of pyridine rings is 1. The summed E-state index contributed by atoms with van der Waals surface area (Å²) in [6, 6.07) is 4.22. The van der Waals surface area contributed by atoms with E-state index in [1.165, 1.54) is 31.4 Å². The molecule has 13 nitrogen and oxygen atoms in total. The van der Waals surface area contributed by atoms with Crippen LogP contribution in [0.3, 0.4) is 0 Å². The number of anilines is 1. The largest absolute Gasteiger partial charge is 0.508 e. The van der Waals surface area contributed by atoms with Crippen molar-refractivity contribution in [3.63, 3.8) is 0 Å². The lowest BCUT2D eigenvalue weighted by atomic mass is 9.95. The molecule has 7 rings (SSSR count). The summed E-state index contributed by atoms with van der Waals surface area (Å²) < 4.78 is 71.5. The number of hydrogen-bond donors (Lipinski definition) is 3. The van der Waals surface area contributed by atoms with E-state index in [9.17, 15) is 18.7 Å². The maximum atomic E-state index is 17.4. The molecule has 2 saturated heterocycles. The quantitative estimate of drug-likeness (QED) is 0.0819. The van der Waals surface area contributed by atoms with Gasteiger partial charge in [-0.15, -0.1) is 6.42 Å². The second-order valence-electron chi connectivity index (χ2n) is 15.2. The molecule has 0 radical (unpaired) electrons. The molecule has 316 valence electrons. The maximum absolute atomic E-state index is 17.4. The van der Waals surface area contributed by atoms with Crippen molar-refractivity contribution in [2.24, 2.45) is 5.41 Å². The van der Waals surface area contributed by atoms with Gasteiger partial charge in [-0.3, -0.25) is 4.79 Å². The van der Waals surface area contributed by atoms with Crippen LogP contribution >= 0.6 is 0 Å². The number of carboxylic acid groups (broad SMARTS) is 1. The Morgan fingerprint density at radius 2 is 1.76 bits per heavy atom. The summed E-state index contributed by atoms with van der Waals surface area (Å²) >= 11 is 0. The second kappa shape index (κ2) is 18.5. The molecule has 0 spiro atoms. The van der Waals surface area contributed by atoms with Crippen LogP contribution in [0.1, 0.15) is 57.9 Å². The number of nitrogens with one attached hydrogen (secondary N) is 1. The van der Waals surface area contributed by atoms with Crippen LogP contribution in [-0.2, 0) is 4.79 Å². The zero-order chi connectivity index (χ0) is 42.4. The summed E-state index contributed by atoms with van der Waals surface area (Å²) in [4.78, 5) is 41.7. The standard InChI is InChI=1S/C41H47F4N7O4.CH2O2/c1-5-26-20-51(21-27(6-2)52(26)40(54)46-15-14-42)37-33-36(48-39(49-37)56-23-41(12-13-41)22-50-16-10-25(43)11-17-50)34(45)35(47-38(33)55-4)30-19-28(53)18-24-8-9-31(44)29(7-3)32(24)30;2-1-3/h3,8-9,18-19,25-27,53H,5-6,10-17,20-23H2,1-2,4H3,(H,46,54);1H,(H,2,3). The Labute approximate surface area is 339 Å². The third-order valence-electron chi connectivity index (χ3n) is 11.4. The first-order valence-electron chi connectivity index (χ1n) is 19.8. The first-order chi connectivity index (χ1) is 28.4. The highest BCUT2D eigenvalue weighted by molar-refractivity contribution is 6.04. The molecule has 2 atom stereocenters. The number of halogens is 4. The third kappa shape index (κ3) is 9.02. The van der Waals surface area contributed by atoms with E-state index in [4.69, 9.17) is 30.8 Å². The molecule has 3 fully saturated rings. The zero-order valence-corrected chi connectivity index (χ0v) is 33.3. The summed E-state index contributed by atoms with van der Waals surface area (Å²) in [5.41, 5.74) is -0.736. The number of likely N-dealkylation sites (tertiary alicyclic amines) is 1. The third-order valence-corrected chi connectivity index (χ3v) is 11.4. The number of ether oxygens (including phenoxy) is 2. The molecule has 3 aliphatic rings. The van der Waals surface area contributed by atoms with Crippen molar-refractivity contribution in [3.8, 4) is 41.2 Å². The summed E-state index contributed by atoms with van der Waals surface area (Å²) in [6.45, 7) is 5.78. The smallest absolute Gasteiger partial charge is 0.319 e. The fourth-order valence-electron chi connectivity index (χ4n) is 8.21. The average Bonchev–Trinajstić information content (AvgIpc) is 4.01. The van der Waals surface area contributed by atoms with Gasteiger partial charge < -0.3 is 39.7 Å². The molecule has 4 aromatic rings. The maximum Gasteiger partial charge on any atom is 0.319 e. The van der Waals surface area contributed by atoms with Gasteiger partial charge in [0.05, 0.1) is 31.4 Å². The number of piperidine rings is 1. The summed E-state index contributed by atoms with van der Waals surface area (Å²) in [5.74, 6) is 0.798. The van der Waals surface area contributed by atoms with Gasteiger partial charge in [0.1, 0.15) is 46.8 Å². The SMILES string of the molecule is C#Cc1c(F)ccc2cc(O)cc(-c3nc(OC)c4c(N5CC(CC)N(C(=O)NCCF)C(CC)C5)nc(OCC5(CN6CCC(F)CC6)CC5)nc4c3F)c12.O=CO. The Bertz CT molecular complexity index is 2200. The average molecular weight is 824 g/mol. The number of carbonyl (C=O) groups excluding carboxylic acids is 1. The monoisotopic (exact) mass is 823 g/mol. The Balaban J connectivity index is 0.00000189. The first kappa shape index (κ1) is 43.0. The van der Waals surface area contributed by atoms with Crippen molar-refractivity contribution in [1.82, 2.24) is 30.1 Å². The molecule has 0 bridgehead atoms. The molecule has 2 aromatic heterocycles. The van der Waals surface area contributed by atoms with Crippen molar-refractivity contribution >= 4 is 40.0 Å². The van der Waals surface area contributed by atoms with Gasteiger partial charge in [-0.25, -0.2) is 27.3 Å². The summed E-state index contributed by atoms with van der Waals surface area (Å²) in [5, 5.41) is 21.0. The number of fused-ring (bicyclic) bond motifs is 2. The Hall–Kier alpha value is -5.63. The molecule has 3 N–H and O–H groups in total. The molecule has 17 heteroatoms. The number of nitrogens with zero attached hydrogens (tertiary/aromatic N) is 6. The summed E-state index contributed by atoms with van der Waals surface area (Å²) in [7, 11) is 1.38. The highest BCUT2D eigenvalue weighted by Gasteiger charge is 2.46. The van der Waals surface area contributed by atoms with E-state index in [1.54, 1.807) is 4.90 Å². The van der Waals surface area contributed by atoms with Gasteiger partial charge in [-0.1, -0.05) is 25.8 Å². The lowest BCUT2D eigenvalue weighted by Crippen LogP contribution is -2.62. The number of rotatable bonds is 12. The molecule has 2 aliphatic heterocycles. The molecule has 4 heterocycles. The fraction of sp³-hybridized carbons (Fsp3) is 0.500. The molecule has 1 saturated carbocycles. The van der Waals surface area contributed by atoms with Crippen LogP contribution in [-0.4, -0.2) is 125 Å². The first-order valence-corrected chi connectivity index (χ1v) is 19.8. The van der Waals surface area contributed by atoms with E-state index in [1.807, 2.05) is 18.7 Å². The number of phenolic OH excluding ortho intramolecular Hbond substituents is 1. The number of terminal acetylenes is 1. The number of hydrogen-bond acceptors (Lipinski definition) is 10. The number of amides is 2. The van der Waals surface area contributed by atoms with Gasteiger partial charge in [0.25, 0.3) is 6.47 Å². The number of aromatic nitrogens is 3. The van der Waals surface area contributed by atoms with Gasteiger partial charge in [-0.2, -0.15) is 9.97 Å². The van der Waals surface area contributed by atoms with Crippen LogP contribution < -0.4 is 19.7 Å². The van der Waals surface area contributed by atoms with Crippen LogP contribution in [0.5, 0.6) is 17.6 Å². The number of alkyl halides is 2. The predicted molar refractivity (Wildman–Crippen MR) is 214 cm³/mol. The molecule has 2 unspecified atom stereocenters. The number of urea groups is 1.